The molecule has 0 aliphatic rings. The van der Waals surface area contributed by atoms with Gasteiger partial charge in [0.05, 0.1) is 0 Å². The van der Waals surface area contributed by atoms with Gasteiger partial charge in [0.2, 0.25) is 0 Å². The van der Waals surface area contributed by atoms with Gasteiger partial charge < -0.3 is 0 Å². The van der Waals surface area contributed by atoms with Crippen LogP contribution in [0.2, 0.25) is 14.8 Å². The third-order valence-electron chi connectivity index (χ3n) is 3.23. The van der Waals surface area contributed by atoms with Gasteiger partial charge in [0.25, 0.3) is 0 Å². The summed E-state index contributed by atoms with van der Waals surface area (Å²) in [5.41, 5.74) is 1.69. The molecule has 0 radical (unpaired) electrons. The van der Waals surface area contributed by atoms with Crippen molar-refractivity contribution in [2.24, 2.45) is 0 Å². The molecule has 2 heteroatoms. The molecule has 0 N–H and O–H groups in total. The Hall–Kier alpha value is 0.499. The van der Waals surface area contributed by atoms with Crippen LogP contribution in [-0.4, -0.2) is 18.4 Å². The van der Waals surface area contributed by atoms with Crippen LogP contribution in [0.15, 0.2) is 11.4 Å². The van der Waals surface area contributed by atoms with E-state index in [1.165, 1.54) is 44.9 Å². The first-order valence-corrected chi connectivity index (χ1v) is 18.0. The Labute approximate surface area is 116 Å². The molecule has 0 spiro atoms. The van der Waals surface area contributed by atoms with Crippen LogP contribution < -0.4 is 2.89 Å². The molecule has 0 aromatic carbocycles. The van der Waals surface area contributed by atoms with Gasteiger partial charge in [0.1, 0.15) is 0 Å². The fraction of sp³-hybridized carbons (Fsp3) is 0.733. The third kappa shape index (κ3) is 5.78. The summed E-state index contributed by atoms with van der Waals surface area (Å²) >= 11 is 0.210. The summed E-state index contributed by atoms with van der Waals surface area (Å²) in [6.45, 7) is 2.29. The average molecular weight is 359 g/mol. The molecular weight excluding hydrogens is 331 g/mol. The van der Waals surface area contributed by atoms with Crippen LogP contribution in [-0.2, 0) is 6.42 Å². The van der Waals surface area contributed by atoms with Gasteiger partial charge in [0.15, 0.2) is 0 Å². The number of hydrogen-bond acceptors (Lipinski definition) is 1. The molecule has 0 saturated carbocycles. The van der Waals surface area contributed by atoms with E-state index in [-0.39, 0.29) is 0 Å². The number of rotatable bonds is 8. The molecule has 0 unspecified atom stereocenters. The Bertz CT molecular complexity index is 309. The second-order valence-corrected chi connectivity index (χ2v) is 22.3. The minimum atomic E-state index is -1.81. The summed E-state index contributed by atoms with van der Waals surface area (Å²) in [5.74, 6) is 0. The molecule has 0 aliphatic carbocycles. The van der Waals surface area contributed by atoms with Crippen molar-refractivity contribution in [1.29, 1.82) is 0 Å². The van der Waals surface area contributed by atoms with Gasteiger partial charge in [-0.15, -0.1) is 0 Å². The van der Waals surface area contributed by atoms with Gasteiger partial charge in [-0.2, -0.15) is 0 Å². The van der Waals surface area contributed by atoms with Crippen molar-refractivity contribution in [3.63, 3.8) is 0 Å². The van der Waals surface area contributed by atoms with Crippen molar-refractivity contribution in [3.05, 3.63) is 17.0 Å². The predicted molar refractivity (Wildman–Crippen MR) is 84.4 cm³/mol. The van der Waals surface area contributed by atoms with E-state index in [0.717, 1.165) is 0 Å². The summed E-state index contributed by atoms with van der Waals surface area (Å²) in [5, 5.41) is 2.31. The number of aryl methyl sites for hydroxylation is 1. The van der Waals surface area contributed by atoms with E-state index in [0.29, 0.717) is 0 Å². The first-order chi connectivity index (χ1) is 8.05. The zero-order valence-electron chi connectivity index (χ0n) is 12.0. The molecule has 1 aromatic heterocycles. The van der Waals surface area contributed by atoms with Crippen molar-refractivity contribution in [3.8, 4) is 0 Å². The number of hydrogen-bond donors (Lipinski definition) is 0. The van der Waals surface area contributed by atoms with Gasteiger partial charge >= 0.3 is 116 Å². The molecule has 0 aliphatic heterocycles. The topological polar surface area (TPSA) is 0 Å². The van der Waals surface area contributed by atoms with Gasteiger partial charge in [-0.3, -0.25) is 0 Å². The zero-order valence-corrected chi connectivity index (χ0v) is 15.7. The van der Waals surface area contributed by atoms with Crippen LogP contribution in [0.25, 0.3) is 0 Å². The fourth-order valence-electron chi connectivity index (χ4n) is 2.29. The molecular formula is C15H28SSn. The molecule has 1 rings (SSSR count). The first-order valence-electron chi connectivity index (χ1n) is 7.12. The van der Waals surface area contributed by atoms with Crippen LogP contribution in [0, 0.1) is 0 Å². The molecule has 0 fully saturated rings. The normalized spacial score (nSPS) is 12.0. The minimum absolute atomic E-state index is 1.33. The van der Waals surface area contributed by atoms with Gasteiger partial charge in [-0.1, -0.05) is 0 Å². The van der Waals surface area contributed by atoms with Crippen LogP contribution in [0.3, 0.4) is 0 Å². The Morgan fingerprint density at radius 3 is 2.29 bits per heavy atom. The number of thiophene rings is 1. The molecule has 1 aromatic rings. The third-order valence-corrected chi connectivity index (χ3v) is 13.9. The van der Waals surface area contributed by atoms with E-state index in [1.54, 1.807) is 8.46 Å². The van der Waals surface area contributed by atoms with E-state index in [9.17, 15) is 0 Å². The van der Waals surface area contributed by atoms with Crippen LogP contribution in [0.4, 0.5) is 0 Å². The van der Waals surface area contributed by atoms with Crippen molar-refractivity contribution in [1.82, 2.24) is 0 Å². The average Bonchev–Trinajstić information content (AvgIpc) is 2.71. The van der Waals surface area contributed by atoms with Gasteiger partial charge in [0, 0.05) is 0 Å². The molecule has 0 bridgehead atoms. The molecule has 98 valence electrons. The molecule has 0 amide bonds. The van der Waals surface area contributed by atoms with Crippen LogP contribution in [0.5, 0.6) is 0 Å². The van der Waals surface area contributed by atoms with Crippen molar-refractivity contribution < 1.29 is 0 Å². The Morgan fingerprint density at radius 1 is 1.00 bits per heavy atom. The van der Waals surface area contributed by atoms with Crippen molar-refractivity contribution >= 4 is 32.6 Å². The summed E-state index contributed by atoms with van der Waals surface area (Å²) in [6.07, 6.45) is 9.80. The van der Waals surface area contributed by atoms with E-state index in [4.69, 9.17) is 0 Å². The SMILES string of the molecule is CCCCCCCCc1ccs[c]1[Sn]([CH3])([CH3])[CH3]. The summed E-state index contributed by atoms with van der Waals surface area (Å²) in [4.78, 5) is 7.60. The van der Waals surface area contributed by atoms with Gasteiger partial charge in [-0.05, 0) is 0 Å². The first kappa shape index (κ1) is 15.6. The van der Waals surface area contributed by atoms with E-state index < -0.39 is 18.4 Å². The molecule has 1 heterocycles. The second-order valence-electron chi connectivity index (χ2n) is 6.04. The quantitative estimate of drug-likeness (QED) is 0.442. The van der Waals surface area contributed by atoms with Crippen molar-refractivity contribution in [2.75, 3.05) is 0 Å². The van der Waals surface area contributed by atoms with E-state index in [2.05, 4.69) is 33.2 Å². The Balaban J connectivity index is 2.30. The van der Waals surface area contributed by atoms with Crippen LogP contribution >= 0.6 is 11.3 Å². The fourth-order valence-corrected chi connectivity index (χ4v) is 10.3. The predicted octanol–water partition coefficient (Wildman–Crippen LogP) is 5.20. The summed E-state index contributed by atoms with van der Waals surface area (Å²) in [6, 6.07) is 2.38. The number of unbranched alkanes of at least 4 members (excludes halogenated alkanes) is 5. The summed E-state index contributed by atoms with van der Waals surface area (Å²) < 4.78 is 1.80. The maximum atomic E-state index is 2.53. The van der Waals surface area contributed by atoms with E-state index in [1.807, 2.05) is 11.3 Å². The Kier molecular flexibility index (Phi) is 7.16. The standard InChI is InChI=1S/C12H19S.3CH3.Sn/c1-2-3-4-5-6-7-8-12-9-10-13-11-12;;;;/h9-10H,2-8H2,1H3;3*1H3;. The zero-order chi connectivity index (χ0) is 12.7. The molecule has 0 saturated heterocycles. The monoisotopic (exact) mass is 360 g/mol. The Morgan fingerprint density at radius 2 is 1.65 bits per heavy atom. The summed E-state index contributed by atoms with van der Waals surface area (Å²) in [7, 11) is 0. The molecule has 0 atom stereocenters. The molecule has 0 nitrogen and oxygen atoms in total. The van der Waals surface area contributed by atoms with Crippen molar-refractivity contribution in [2.45, 2.75) is 66.7 Å². The molecule has 17 heavy (non-hydrogen) atoms. The maximum absolute atomic E-state index is 2.53. The van der Waals surface area contributed by atoms with Gasteiger partial charge in [-0.25, -0.2) is 0 Å². The van der Waals surface area contributed by atoms with E-state index >= 15 is 0 Å². The second kappa shape index (κ2) is 7.83. The van der Waals surface area contributed by atoms with Crippen LogP contribution in [0.1, 0.15) is 51.0 Å².